The van der Waals surface area contributed by atoms with Crippen LogP contribution in [0.15, 0.2) is 6.20 Å². The van der Waals surface area contributed by atoms with Crippen molar-refractivity contribution in [2.45, 2.75) is 6.54 Å². The van der Waals surface area contributed by atoms with Gasteiger partial charge in [0.05, 0.1) is 5.69 Å². The van der Waals surface area contributed by atoms with Crippen molar-refractivity contribution >= 4 is 23.5 Å². The van der Waals surface area contributed by atoms with Gasteiger partial charge in [-0.2, -0.15) is 5.10 Å². The van der Waals surface area contributed by atoms with Crippen molar-refractivity contribution < 1.29 is 14.4 Å². The van der Waals surface area contributed by atoms with Crippen molar-refractivity contribution in [3.8, 4) is 0 Å². The number of nitrogen functional groups attached to an aromatic ring is 1. The molecule has 1 aromatic heterocycles. The number of carbonyl (C=O) groups is 3. The first-order valence-electron chi connectivity index (χ1n) is 4.12. The van der Waals surface area contributed by atoms with Crippen molar-refractivity contribution in [2.75, 3.05) is 5.73 Å². The Balaban J connectivity index is 2.75. The van der Waals surface area contributed by atoms with Gasteiger partial charge in [-0.05, 0) is 0 Å². The highest BCUT2D eigenvalue weighted by molar-refractivity contribution is 5.96. The highest BCUT2D eigenvalue weighted by Gasteiger charge is 2.13. The van der Waals surface area contributed by atoms with E-state index in [1.165, 1.54) is 6.20 Å². The number of nitrogens with zero attached hydrogens (tertiary/aromatic N) is 2. The van der Waals surface area contributed by atoms with Gasteiger partial charge in [0.2, 0.25) is 5.91 Å². The first-order chi connectivity index (χ1) is 7.40. The van der Waals surface area contributed by atoms with Crippen molar-refractivity contribution in [3.63, 3.8) is 0 Å². The van der Waals surface area contributed by atoms with Crippen LogP contribution in [-0.2, 0) is 11.3 Å². The molecule has 0 spiro atoms. The van der Waals surface area contributed by atoms with Crippen molar-refractivity contribution in [2.24, 2.45) is 11.5 Å². The zero-order chi connectivity index (χ0) is 12.3. The van der Waals surface area contributed by atoms with Crippen LogP contribution >= 0.6 is 0 Å². The lowest BCUT2D eigenvalue weighted by Crippen LogP contribution is -2.37. The molecule has 0 fully saturated rings. The number of imide groups is 1. The molecule has 0 aliphatic heterocycles. The van der Waals surface area contributed by atoms with Crippen LogP contribution in [0.2, 0.25) is 0 Å². The number of hydrogen-bond donors (Lipinski definition) is 4. The Hall–Kier alpha value is -2.58. The van der Waals surface area contributed by atoms with Crippen LogP contribution in [0.4, 0.5) is 10.5 Å². The van der Waals surface area contributed by atoms with Crippen LogP contribution in [0.3, 0.4) is 0 Å². The van der Waals surface area contributed by atoms with Gasteiger partial charge >= 0.3 is 6.03 Å². The Morgan fingerprint density at radius 3 is 2.44 bits per heavy atom. The fourth-order valence-electron chi connectivity index (χ4n) is 1.03. The van der Waals surface area contributed by atoms with Crippen LogP contribution in [-0.4, -0.2) is 27.6 Å². The summed E-state index contributed by atoms with van der Waals surface area (Å²) in [5, 5.41) is 5.49. The maximum atomic E-state index is 11.1. The Morgan fingerprint density at radius 1 is 1.38 bits per heavy atom. The maximum absolute atomic E-state index is 11.1. The summed E-state index contributed by atoms with van der Waals surface area (Å²) in [6, 6.07) is -0.972. The van der Waals surface area contributed by atoms with Gasteiger partial charge in [-0.25, -0.2) is 4.79 Å². The van der Waals surface area contributed by atoms with Gasteiger partial charge in [0, 0.05) is 6.20 Å². The summed E-state index contributed by atoms with van der Waals surface area (Å²) < 4.78 is 1.08. The minimum atomic E-state index is -0.972. The largest absolute Gasteiger partial charge is 0.396 e. The summed E-state index contributed by atoms with van der Waals surface area (Å²) in [7, 11) is 0. The van der Waals surface area contributed by atoms with E-state index >= 15 is 0 Å². The Morgan fingerprint density at radius 2 is 2.00 bits per heavy atom. The van der Waals surface area contributed by atoms with E-state index in [-0.39, 0.29) is 17.9 Å². The number of aromatic nitrogens is 2. The normalized spacial score (nSPS) is 9.75. The summed E-state index contributed by atoms with van der Waals surface area (Å²) in [6.07, 6.45) is 1.25. The Bertz CT molecular complexity index is 451. The highest BCUT2D eigenvalue weighted by Crippen LogP contribution is 2.07. The molecular formula is C7H10N6O3. The molecule has 0 aromatic carbocycles. The third kappa shape index (κ3) is 2.70. The Labute approximate surface area is 89.6 Å². The molecule has 0 atom stereocenters. The quantitative estimate of drug-likeness (QED) is 0.457. The number of urea groups is 1. The lowest BCUT2D eigenvalue weighted by atomic mass is 10.4. The summed E-state index contributed by atoms with van der Waals surface area (Å²) in [5.74, 6) is -1.47. The smallest absolute Gasteiger partial charge is 0.318 e. The predicted octanol–water partition coefficient (Wildman–Crippen LogP) is -2.24. The molecule has 0 unspecified atom stereocenters. The van der Waals surface area contributed by atoms with Crippen LogP contribution < -0.4 is 22.5 Å². The summed E-state index contributed by atoms with van der Waals surface area (Å²) in [4.78, 5) is 32.2. The molecule has 1 aromatic rings. The lowest BCUT2D eigenvalue weighted by molar-refractivity contribution is -0.120. The molecule has 0 radical (unpaired) electrons. The standard InChI is InChI=1S/C7H10N6O3/c8-3-1-13(12-5(3)6(9)15)2-4(14)11-7(10)16/h1H,2,8H2,(H2,9,15)(H3,10,11,14,16). The second-order valence-electron chi connectivity index (χ2n) is 2.91. The average molecular weight is 226 g/mol. The Kier molecular flexibility index (Phi) is 3.09. The monoisotopic (exact) mass is 226 g/mol. The molecule has 0 saturated heterocycles. The molecule has 9 heteroatoms. The van der Waals surface area contributed by atoms with Gasteiger partial charge < -0.3 is 17.2 Å². The van der Waals surface area contributed by atoms with Crippen LogP contribution in [0.1, 0.15) is 10.5 Å². The number of primary amides is 2. The topological polar surface area (TPSA) is 159 Å². The molecule has 7 N–H and O–H groups in total. The molecule has 0 aliphatic rings. The van der Waals surface area contributed by atoms with Gasteiger partial charge in [-0.3, -0.25) is 19.6 Å². The lowest BCUT2D eigenvalue weighted by Gasteiger charge is -2.00. The minimum absolute atomic E-state index is 0.0550. The van der Waals surface area contributed by atoms with Crippen LogP contribution in [0, 0.1) is 0 Å². The van der Waals surface area contributed by atoms with E-state index in [2.05, 4.69) is 5.10 Å². The van der Waals surface area contributed by atoms with Gasteiger partial charge in [0.15, 0.2) is 5.69 Å². The molecule has 86 valence electrons. The zero-order valence-electron chi connectivity index (χ0n) is 8.14. The van der Waals surface area contributed by atoms with Crippen molar-refractivity contribution in [1.29, 1.82) is 0 Å². The zero-order valence-corrected chi connectivity index (χ0v) is 8.14. The van der Waals surface area contributed by atoms with E-state index in [1.807, 2.05) is 5.32 Å². The number of rotatable bonds is 3. The van der Waals surface area contributed by atoms with Gasteiger partial charge in [-0.1, -0.05) is 0 Å². The third-order valence-corrected chi connectivity index (χ3v) is 1.59. The van der Waals surface area contributed by atoms with E-state index in [1.54, 1.807) is 0 Å². The summed E-state index contributed by atoms with van der Waals surface area (Å²) >= 11 is 0. The van der Waals surface area contributed by atoms with E-state index in [4.69, 9.17) is 17.2 Å². The summed E-state index contributed by atoms with van der Waals surface area (Å²) in [5.41, 5.74) is 15.0. The number of amides is 4. The van der Waals surface area contributed by atoms with Crippen LogP contribution in [0.25, 0.3) is 0 Å². The fourth-order valence-corrected chi connectivity index (χ4v) is 1.03. The first-order valence-corrected chi connectivity index (χ1v) is 4.12. The first kappa shape index (κ1) is 11.5. The average Bonchev–Trinajstić information content (AvgIpc) is 2.44. The van der Waals surface area contributed by atoms with E-state index in [0.29, 0.717) is 0 Å². The number of hydrogen-bond acceptors (Lipinski definition) is 5. The number of anilines is 1. The molecule has 1 heterocycles. The minimum Gasteiger partial charge on any atom is -0.396 e. The number of carbonyl (C=O) groups excluding carboxylic acids is 3. The third-order valence-electron chi connectivity index (χ3n) is 1.59. The molecule has 16 heavy (non-hydrogen) atoms. The molecule has 0 saturated carbocycles. The molecule has 0 aliphatic carbocycles. The molecular weight excluding hydrogens is 216 g/mol. The van der Waals surface area contributed by atoms with E-state index in [9.17, 15) is 14.4 Å². The molecule has 0 bridgehead atoms. The van der Waals surface area contributed by atoms with Gasteiger partial charge in [0.25, 0.3) is 5.91 Å². The predicted molar refractivity (Wildman–Crippen MR) is 52.9 cm³/mol. The van der Waals surface area contributed by atoms with Crippen molar-refractivity contribution in [1.82, 2.24) is 15.1 Å². The second kappa shape index (κ2) is 4.29. The molecule has 9 nitrogen and oxygen atoms in total. The summed E-state index contributed by atoms with van der Waals surface area (Å²) in [6.45, 7) is -0.291. The number of nitrogens with one attached hydrogen (secondary N) is 1. The molecule has 1 rings (SSSR count). The van der Waals surface area contributed by atoms with E-state index < -0.39 is 17.8 Å². The van der Waals surface area contributed by atoms with E-state index in [0.717, 1.165) is 4.68 Å². The molecule has 4 amide bonds. The fraction of sp³-hybridized carbons (Fsp3) is 0.143. The number of nitrogens with two attached hydrogens (primary N) is 3. The SMILES string of the molecule is NC(=O)NC(=O)Cn1cc(N)c(C(N)=O)n1. The highest BCUT2D eigenvalue weighted by atomic mass is 16.2. The van der Waals surface area contributed by atoms with Gasteiger partial charge in [0.1, 0.15) is 6.54 Å². The maximum Gasteiger partial charge on any atom is 0.318 e. The second-order valence-corrected chi connectivity index (χ2v) is 2.91. The van der Waals surface area contributed by atoms with Gasteiger partial charge in [-0.15, -0.1) is 0 Å². The van der Waals surface area contributed by atoms with Crippen LogP contribution in [0.5, 0.6) is 0 Å². The van der Waals surface area contributed by atoms with Crippen molar-refractivity contribution in [3.05, 3.63) is 11.9 Å².